The zero-order valence-corrected chi connectivity index (χ0v) is 19.2. The quantitative estimate of drug-likeness (QED) is 0.667. The average molecular weight is 410 g/mol. The Morgan fingerprint density at radius 1 is 1.13 bits per heavy atom. The molecule has 0 unspecified atom stereocenters. The molecule has 2 aromatic carbocycles. The number of hydrogen-bond donors (Lipinski definition) is 2. The summed E-state index contributed by atoms with van der Waals surface area (Å²) >= 11 is 0. The van der Waals surface area contributed by atoms with Gasteiger partial charge in [-0.05, 0) is 36.5 Å². The van der Waals surface area contributed by atoms with Gasteiger partial charge in [0.1, 0.15) is 0 Å². The number of allylic oxidation sites excluding steroid dienone is 1. The van der Waals surface area contributed by atoms with E-state index in [1.54, 1.807) is 11.0 Å². The number of nitrogens with one attached hydrogen (secondary N) is 2. The lowest BCUT2D eigenvalue weighted by Crippen LogP contribution is -2.47. The van der Waals surface area contributed by atoms with E-state index in [1.807, 2.05) is 32.2 Å². The van der Waals surface area contributed by atoms with Gasteiger partial charge in [-0.25, -0.2) is 4.79 Å². The molecule has 1 aliphatic heterocycles. The predicted molar refractivity (Wildman–Crippen MR) is 129 cm³/mol. The van der Waals surface area contributed by atoms with E-state index in [1.165, 1.54) is 23.1 Å². The highest BCUT2D eigenvalue weighted by Gasteiger charge is 2.18. The molecule has 2 amide bonds. The van der Waals surface area contributed by atoms with Crippen LogP contribution in [-0.2, 0) is 19.4 Å². The van der Waals surface area contributed by atoms with Crippen molar-refractivity contribution in [3.05, 3.63) is 83.9 Å². The minimum absolute atomic E-state index is 0.00779. The third kappa shape index (κ3) is 9.75. The van der Waals surface area contributed by atoms with Gasteiger partial charge in [-0.3, -0.25) is 0 Å². The normalized spacial score (nSPS) is 14.1. The summed E-state index contributed by atoms with van der Waals surface area (Å²) in [4.78, 5) is 14.0. The monoisotopic (exact) mass is 409 g/mol. The molecule has 0 saturated heterocycles. The number of rotatable bonds is 5. The van der Waals surface area contributed by atoms with E-state index in [-0.39, 0.29) is 6.03 Å². The summed E-state index contributed by atoms with van der Waals surface area (Å²) in [5.41, 5.74) is 4.00. The molecule has 0 radical (unpaired) electrons. The molecule has 4 heteroatoms. The Hall–Kier alpha value is -2.59. The molecule has 1 atom stereocenters. The van der Waals surface area contributed by atoms with Crippen molar-refractivity contribution in [1.29, 1.82) is 0 Å². The number of fused-ring (bicyclic) bond motifs is 1. The van der Waals surface area contributed by atoms with Crippen LogP contribution in [0.5, 0.6) is 0 Å². The van der Waals surface area contributed by atoms with Crippen LogP contribution in [0.25, 0.3) is 0 Å². The molecule has 1 aliphatic rings. The minimum atomic E-state index is -0.00779. The zero-order valence-electron chi connectivity index (χ0n) is 19.2. The fraction of sp³-hybridized carbons (Fsp3) is 0.423. The Morgan fingerprint density at radius 2 is 1.70 bits per heavy atom. The van der Waals surface area contributed by atoms with Gasteiger partial charge in [0.05, 0.1) is 0 Å². The lowest BCUT2D eigenvalue weighted by Gasteiger charge is -2.27. The third-order valence-corrected chi connectivity index (χ3v) is 4.59. The van der Waals surface area contributed by atoms with Gasteiger partial charge in [0.15, 0.2) is 0 Å². The van der Waals surface area contributed by atoms with E-state index in [0.717, 1.165) is 25.9 Å². The molecule has 0 fully saturated rings. The molecular formula is C26H39N3O. The van der Waals surface area contributed by atoms with E-state index >= 15 is 0 Å². The molecule has 1 heterocycles. The number of carbonyl (C=O) groups is 1. The molecule has 4 nitrogen and oxygen atoms in total. The summed E-state index contributed by atoms with van der Waals surface area (Å²) < 4.78 is 0. The third-order valence-electron chi connectivity index (χ3n) is 4.59. The molecular weight excluding hydrogens is 370 g/mol. The smallest absolute Gasteiger partial charge is 0.317 e. The number of urea groups is 1. The molecule has 0 aromatic heterocycles. The van der Waals surface area contributed by atoms with Crippen LogP contribution in [0.2, 0.25) is 0 Å². The maximum absolute atomic E-state index is 12.2. The first-order chi connectivity index (χ1) is 14.5. The van der Waals surface area contributed by atoms with Gasteiger partial charge < -0.3 is 15.5 Å². The van der Waals surface area contributed by atoms with Gasteiger partial charge >= 0.3 is 6.03 Å². The second kappa shape index (κ2) is 15.3. The van der Waals surface area contributed by atoms with Crippen LogP contribution in [0, 0.1) is 0 Å². The van der Waals surface area contributed by atoms with E-state index in [9.17, 15) is 4.79 Å². The van der Waals surface area contributed by atoms with E-state index < -0.39 is 0 Å². The van der Waals surface area contributed by atoms with Crippen molar-refractivity contribution in [1.82, 2.24) is 15.5 Å². The molecule has 3 rings (SSSR count). The second-order valence-electron chi connectivity index (χ2n) is 7.51. The summed E-state index contributed by atoms with van der Waals surface area (Å²) in [5.74, 6) is 0. The van der Waals surface area contributed by atoms with Gasteiger partial charge in [-0.1, -0.05) is 80.9 Å². The van der Waals surface area contributed by atoms with E-state index in [4.69, 9.17) is 0 Å². The molecule has 0 spiro atoms. The summed E-state index contributed by atoms with van der Waals surface area (Å²) in [7, 11) is 1.85. The molecule has 164 valence electrons. The summed E-state index contributed by atoms with van der Waals surface area (Å²) in [6.07, 6.45) is 4.84. The average Bonchev–Trinajstić information content (AvgIpc) is 2.77. The van der Waals surface area contributed by atoms with Gasteiger partial charge in [0.2, 0.25) is 0 Å². The number of amides is 2. The first-order valence-electron chi connectivity index (χ1n) is 11.0. The van der Waals surface area contributed by atoms with Crippen LogP contribution >= 0.6 is 0 Å². The number of carbonyl (C=O) groups excluding carboxylic acids is 1. The van der Waals surface area contributed by atoms with Crippen molar-refractivity contribution < 1.29 is 4.79 Å². The van der Waals surface area contributed by atoms with Crippen molar-refractivity contribution in [3.8, 4) is 0 Å². The Kier molecular flexibility index (Phi) is 13.0. The number of likely N-dealkylation sites (N-methyl/N-ethyl adjacent to an activating group) is 1. The highest BCUT2D eigenvalue weighted by molar-refractivity contribution is 5.73. The maximum atomic E-state index is 12.2. The van der Waals surface area contributed by atoms with Crippen molar-refractivity contribution >= 4 is 6.03 Å². The van der Waals surface area contributed by atoms with E-state index in [2.05, 4.69) is 67.5 Å². The van der Waals surface area contributed by atoms with Gasteiger partial charge in [0, 0.05) is 32.7 Å². The standard InChI is InChI=1S/C20H25N3O.C3H8.C3H6/c1-23(12-11-16-7-3-2-4-8-16)20(24)22-15-19-13-17-9-5-6-10-18(17)14-21-19;2*1-3-2/h2-10,19,21H,11-15H2,1H3,(H,22,24);3H2,1-2H3;3H,1H2,2H3/t19-;;/m0../s1. The molecule has 0 bridgehead atoms. The number of hydrogen-bond acceptors (Lipinski definition) is 2. The van der Waals surface area contributed by atoms with Crippen LogP contribution in [0.4, 0.5) is 4.79 Å². The Bertz CT molecular complexity index is 730. The number of nitrogens with zero attached hydrogens (tertiary/aromatic N) is 1. The maximum Gasteiger partial charge on any atom is 0.317 e. The van der Waals surface area contributed by atoms with Crippen LogP contribution in [0.3, 0.4) is 0 Å². The summed E-state index contributed by atoms with van der Waals surface area (Å²) in [6.45, 7) is 11.8. The number of benzene rings is 2. The summed E-state index contributed by atoms with van der Waals surface area (Å²) in [5, 5.41) is 6.54. The molecule has 0 aliphatic carbocycles. The molecule has 30 heavy (non-hydrogen) atoms. The Balaban J connectivity index is 0.000000672. The van der Waals surface area contributed by atoms with Crippen molar-refractivity contribution in [2.24, 2.45) is 0 Å². The topological polar surface area (TPSA) is 44.4 Å². The SMILES string of the molecule is C=CC.CCC.CN(CCc1ccccc1)C(=O)NC[C@@H]1Cc2ccccc2CN1. The van der Waals surface area contributed by atoms with Gasteiger partial charge in [-0.15, -0.1) is 6.58 Å². The Morgan fingerprint density at radius 3 is 2.33 bits per heavy atom. The van der Waals surface area contributed by atoms with Gasteiger partial charge in [0.25, 0.3) is 0 Å². The van der Waals surface area contributed by atoms with Crippen LogP contribution in [-0.4, -0.2) is 37.1 Å². The largest absolute Gasteiger partial charge is 0.336 e. The van der Waals surface area contributed by atoms with Crippen molar-refractivity contribution in [2.45, 2.75) is 52.6 Å². The van der Waals surface area contributed by atoms with E-state index in [0.29, 0.717) is 12.6 Å². The molecule has 2 N–H and O–H groups in total. The first kappa shape index (κ1) is 25.4. The first-order valence-corrected chi connectivity index (χ1v) is 11.0. The fourth-order valence-corrected chi connectivity index (χ4v) is 3.05. The molecule has 2 aromatic rings. The lowest BCUT2D eigenvalue weighted by molar-refractivity contribution is 0.207. The van der Waals surface area contributed by atoms with Crippen molar-refractivity contribution in [2.75, 3.05) is 20.1 Å². The highest BCUT2D eigenvalue weighted by Crippen LogP contribution is 2.15. The predicted octanol–water partition coefficient (Wildman–Crippen LogP) is 5.19. The van der Waals surface area contributed by atoms with Crippen LogP contribution < -0.4 is 10.6 Å². The Labute approximate surface area is 183 Å². The lowest BCUT2D eigenvalue weighted by atomic mass is 9.96. The molecule has 0 saturated carbocycles. The fourth-order valence-electron chi connectivity index (χ4n) is 3.05. The van der Waals surface area contributed by atoms with Gasteiger partial charge in [-0.2, -0.15) is 0 Å². The zero-order chi connectivity index (χ0) is 22.2. The van der Waals surface area contributed by atoms with Crippen LogP contribution in [0.15, 0.2) is 67.3 Å². The second-order valence-corrected chi connectivity index (χ2v) is 7.51. The van der Waals surface area contributed by atoms with Crippen molar-refractivity contribution in [3.63, 3.8) is 0 Å². The highest BCUT2D eigenvalue weighted by atomic mass is 16.2. The summed E-state index contributed by atoms with van der Waals surface area (Å²) in [6, 6.07) is 19.0. The minimum Gasteiger partial charge on any atom is -0.336 e. The van der Waals surface area contributed by atoms with Crippen LogP contribution in [0.1, 0.15) is 43.9 Å².